The van der Waals surface area contributed by atoms with Gasteiger partial charge < -0.3 is 10.2 Å². The SMILES string of the molecule is CCCNCc1cccc(Cl)c1N(C)CC. The first-order chi connectivity index (χ1) is 7.70. The average molecular weight is 241 g/mol. The largest absolute Gasteiger partial charge is 0.373 e. The fraction of sp³-hybridized carbons (Fsp3) is 0.538. The highest BCUT2D eigenvalue weighted by Gasteiger charge is 2.09. The molecule has 0 saturated heterocycles. The highest BCUT2D eigenvalue weighted by molar-refractivity contribution is 6.33. The van der Waals surface area contributed by atoms with Crippen LogP contribution in [0.15, 0.2) is 18.2 Å². The molecule has 1 N–H and O–H groups in total. The summed E-state index contributed by atoms with van der Waals surface area (Å²) in [5, 5.41) is 4.25. The fourth-order valence-corrected chi connectivity index (χ4v) is 2.03. The van der Waals surface area contributed by atoms with Crippen LogP contribution < -0.4 is 10.2 Å². The van der Waals surface area contributed by atoms with E-state index in [4.69, 9.17) is 11.6 Å². The Morgan fingerprint density at radius 3 is 2.69 bits per heavy atom. The van der Waals surface area contributed by atoms with E-state index in [0.29, 0.717) is 0 Å². The van der Waals surface area contributed by atoms with Crippen molar-refractivity contribution in [1.82, 2.24) is 5.32 Å². The standard InChI is InChI=1S/C13H21ClN2/c1-4-9-15-10-11-7-6-8-12(14)13(11)16(3)5-2/h6-8,15H,4-5,9-10H2,1-3H3. The van der Waals surface area contributed by atoms with Crippen LogP contribution in [0.1, 0.15) is 25.8 Å². The molecule has 0 unspecified atom stereocenters. The molecule has 3 heteroatoms. The molecule has 16 heavy (non-hydrogen) atoms. The number of nitrogens with zero attached hydrogens (tertiary/aromatic N) is 1. The smallest absolute Gasteiger partial charge is 0.0642 e. The van der Waals surface area contributed by atoms with Crippen molar-refractivity contribution in [2.75, 3.05) is 25.0 Å². The van der Waals surface area contributed by atoms with E-state index in [1.54, 1.807) is 0 Å². The van der Waals surface area contributed by atoms with E-state index in [-0.39, 0.29) is 0 Å². The van der Waals surface area contributed by atoms with Crippen molar-refractivity contribution in [3.05, 3.63) is 28.8 Å². The molecule has 0 bridgehead atoms. The highest BCUT2D eigenvalue weighted by atomic mass is 35.5. The van der Waals surface area contributed by atoms with Crippen molar-refractivity contribution >= 4 is 17.3 Å². The topological polar surface area (TPSA) is 15.3 Å². The molecule has 0 aliphatic heterocycles. The van der Waals surface area contributed by atoms with Gasteiger partial charge in [-0.15, -0.1) is 0 Å². The predicted octanol–water partition coefficient (Wildman–Crippen LogP) is 3.30. The van der Waals surface area contributed by atoms with Crippen molar-refractivity contribution in [2.45, 2.75) is 26.8 Å². The summed E-state index contributed by atoms with van der Waals surface area (Å²) in [6.45, 7) is 7.19. The van der Waals surface area contributed by atoms with Crippen LogP contribution >= 0.6 is 11.6 Å². The molecule has 90 valence electrons. The Hall–Kier alpha value is -0.730. The Labute approximate surface area is 104 Å². The highest BCUT2D eigenvalue weighted by Crippen LogP contribution is 2.28. The van der Waals surface area contributed by atoms with Gasteiger partial charge in [-0.2, -0.15) is 0 Å². The second-order valence-electron chi connectivity index (χ2n) is 3.94. The van der Waals surface area contributed by atoms with Crippen LogP contribution in [0.3, 0.4) is 0 Å². The van der Waals surface area contributed by atoms with Gasteiger partial charge in [0.1, 0.15) is 0 Å². The molecule has 1 aromatic carbocycles. The lowest BCUT2D eigenvalue weighted by atomic mass is 10.1. The fourth-order valence-electron chi connectivity index (χ4n) is 1.69. The van der Waals surface area contributed by atoms with Crippen molar-refractivity contribution in [3.8, 4) is 0 Å². The summed E-state index contributed by atoms with van der Waals surface area (Å²) >= 11 is 6.25. The molecule has 1 rings (SSSR count). The molecule has 1 aromatic rings. The third kappa shape index (κ3) is 3.39. The number of hydrogen-bond acceptors (Lipinski definition) is 2. The molecule has 0 saturated carbocycles. The van der Waals surface area contributed by atoms with Crippen LogP contribution in [0.2, 0.25) is 5.02 Å². The quantitative estimate of drug-likeness (QED) is 0.768. The lowest BCUT2D eigenvalue weighted by Crippen LogP contribution is -2.21. The van der Waals surface area contributed by atoms with Crippen molar-refractivity contribution in [1.29, 1.82) is 0 Å². The Morgan fingerprint density at radius 1 is 1.31 bits per heavy atom. The van der Waals surface area contributed by atoms with Crippen LogP contribution in [-0.4, -0.2) is 20.1 Å². The van der Waals surface area contributed by atoms with Gasteiger partial charge in [-0.3, -0.25) is 0 Å². The summed E-state index contributed by atoms with van der Waals surface area (Å²) in [6, 6.07) is 6.10. The van der Waals surface area contributed by atoms with E-state index >= 15 is 0 Å². The van der Waals surface area contributed by atoms with Crippen LogP contribution in [-0.2, 0) is 6.54 Å². The minimum atomic E-state index is 0.833. The molecule has 0 aliphatic rings. The van der Waals surface area contributed by atoms with Gasteiger partial charge in [0, 0.05) is 20.1 Å². The summed E-state index contributed by atoms with van der Waals surface area (Å²) in [7, 11) is 2.07. The van der Waals surface area contributed by atoms with Gasteiger partial charge in [0.25, 0.3) is 0 Å². The number of hydrogen-bond donors (Lipinski definition) is 1. The van der Waals surface area contributed by atoms with E-state index in [1.165, 1.54) is 5.56 Å². The maximum Gasteiger partial charge on any atom is 0.0642 e. The molecule has 0 spiro atoms. The molecule has 0 aliphatic carbocycles. The van der Waals surface area contributed by atoms with Gasteiger partial charge in [-0.25, -0.2) is 0 Å². The van der Waals surface area contributed by atoms with E-state index < -0.39 is 0 Å². The zero-order valence-electron chi connectivity index (χ0n) is 10.4. The van der Waals surface area contributed by atoms with Gasteiger partial charge in [0.2, 0.25) is 0 Å². The number of para-hydroxylation sites is 1. The summed E-state index contributed by atoms with van der Waals surface area (Å²) < 4.78 is 0. The predicted molar refractivity (Wildman–Crippen MR) is 72.4 cm³/mol. The molecule has 0 amide bonds. The van der Waals surface area contributed by atoms with Crippen LogP contribution in [0.4, 0.5) is 5.69 Å². The van der Waals surface area contributed by atoms with Crippen LogP contribution in [0.5, 0.6) is 0 Å². The lowest BCUT2D eigenvalue weighted by Gasteiger charge is -2.22. The molecule has 0 heterocycles. The first kappa shape index (κ1) is 13.3. The molecule has 0 atom stereocenters. The van der Waals surface area contributed by atoms with E-state index in [2.05, 4.69) is 37.2 Å². The zero-order valence-corrected chi connectivity index (χ0v) is 11.1. The Kier molecular flexibility index (Phi) is 5.64. The van der Waals surface area contributed by atoms with Crippen LogP contribution in [0, 0.1) is 0 Å². The van der Waals surface area contributed by atoms with Gasteiger partial charge in [-0.1, -0.05) is 30.7 Å². The monoisotopic (exact) mass is 240 g/mol. The minimum absolute atomic E-state index is 0.833. The Balaban J connectivity index is 2.85. The number of rotatable bonds is 6. The average Bonchev–Trinajstić information content (AvgIpc) is 2.29. The summed E-state index contributed by atoms with van der Waals surface area (Å²) in [5.74, 6) is 0. The maximum absolute atomic E-state index is 6.25. The van der Waals surface area contributed by atoms with E-state index in [0.717, 1.165) is 36.8 Å². The minimum Gasteiger partial charge on any atom is -0.373 e. The number of halogens is 1. The Bertz CT molecular complexity index is 326. The van der Waals surface area contributed by atoms with E-state index in [1.807, 2.05) is 12.1 Å². The first-order valence-electron chi connectivity index (χ1n) is 5.89. The van der Waals surface area contributed by atoms with Gasteiger partial charge in [0.05, 0.1) is 10.7 Å². The second kappa shape index (κ2) is 6.77. The maximum atomic E-state index is 6.25. The van der Waals surface area contributed by atoms with Crippen molar-refractivity contribution in [3.63, 3.8) is 0 Å². The molecule has 2 nitrogen and oxygen atoms in total. The molecule has 0 fully saturated rings. The Morgan fingerprint density at radius 2 is 2.06 bits per heavy atom. The summed E-state index contributed by atoms with van der Waals surface area (Å²) in [4.78, 5) is 2.19. The van der Waals surface area contributed by atoms with Gasteiger partial charge in [0.15, 0.2) is 0 Å². The number of benzene rings is 1. The summed E-state index contributed by atoms with van der Waals surface area (Å²) in [6.07, 6.45) is 1.15. The summed E-state index contributed by atoms with van der Waals surface area (Å²) in [5.41, 5.74) is 2.42. The third-order valence-electron chi connectivity index (χ3n) is 2.67. The first-order valence-corrected chi connectivity index (χ1v) is 6.27. The number of nitrogens with one attached hydrogen (secondary N) is 1. The lowest BCUT2D eigenvalue weighted by molar-refractivity contribution is 0.674. The second-order valence-corrected chi connectivity index (χ2v) is 4.35. The van der Waals surface area contributed by atoms with Crippen molar-refractivity contribution < 1.29 is 0 Å². The zero-order chi connectivity index (χ0) is 12.0. The van der Waals surface area contributed by atoms with Gasteiger partial charge >= 0.3 is 0 Å². The number of anilines is 1. The van der Waals surface area contributed by atoms with E-state index in [9.17, 15) is 0 Å². The van der Waals surface area contributed by atoms with Crippen LogP contribution in [0.25, 0.3) is 0 Å². The van der Waals surface area contributed by atoms with Gasteiger partial charge in [-0.05, 0) is 31.5 Å². The molecular weight excluding hydrogens is 220 g/mol. The van der Waals surface area contributed by atoms with Crippen molar-refractivity contribution in [2.24, 2.45) is 0 Å². The molecular formula is C13H21ClN2. The third-order valence-corrected chi connectivity index (χ3v) is 2.97. The molecule has 0 radical (unpaired) electrons. The normalized spacial score (nSPS) is 10.5. The molecule has 0 aromatic heterocycles.